The summed E-state index contributed by atoms with van der Waals surface area (Å²) < 4.78 is 5.58. The summed E-state index contributed by atoms with van der Waals surface area (Å²) in [4.78, 5) is 11.5. The van der Waals surface area contributed by atoms with Crippen LogP contribution in [0.5, 0.6) is 0 Å². The van der Waals surface area contributed by atoms with Crippen molar-refractivity contribution in [3.8, 4) is 0 Å². The number of carbonyl (C=O) groups excluding carboxylic acids is 1. The van der Waals surface area contributed by atoms with Crippen LogP contribution in [0.15, 0.2) is 0 Å². The molecule has 1 aliphatic carbocycles. The van der Waals surface area contributed by atoms with E-state index in [1.807, 2.05) is 13.8 Å². The molecule has 21 heavy (non-hydrogen) atoms. The molecule has 0 aromatic rings. The Morgan fingerprint density at radius 3 is 2.81 bits per heavy atom. The molecule has 3 N–H and O–H groups in total. The first-order chi connectivity index (χ1) is 9.68. The molecule has 0 spiro atoms. The zero-order valence-electron chi connectivity index (χ0n) is 13.2. The van der Waals surface area contributed by atoms with Crippen LogP contribution in [-0.2, 0) is 9.53 Å². The highest BCUT2D eigenvalue weighted by atomic mass is 35.5. The summed E-state index contributed by atoms with van der Waals surface area (Å²) in [6.45, 7) is 8.06. The summed E-state index contributed by atoms with van der Waals surface area (Å²) in [5.41, 5.74) is 0. The van der Waals surface area contributed by atoms with Crippen molar-refractivity contribution in [3.63, 3.8) is 0 Å². The van der Waals surface area contributed by atoms with Gasteiger partial charge in [0, 0.05) is 37.6 Å². The molecule has 3 atom stereocenters. The minimum absolute atomic E-state index is 0. The summed E-state index contributed by atoms with van der Waals surface area (Å²) in [6.07, 6.45) is 3.80. The van der Waals surface area contributed by atoms with E-state index in [4.69, 9.17) is 4.74 Å². The first-order valence-corrected chi connectivity index (χ1v) is 8.00. The van der Waals surface area contributed by atoms with Crippen molar-refractivity contribution >= 4 is 18.3 Å². The molecule has 1 saturated heterocycles. The Morgan fingerprint density at radius 1 is 1.33 bits per heavy atom. The zero-order chi connectivity index (χ0) is 14.4. The Hall–Kier alpha value is -0.360. The number of amides is 1. The lowest BCUT2D eigenvalue weighted by molar-refractivity contribution is -0.123. The monoisotopic (exact) mass is 319 g/mol. The lowest BCUT2D eigenvalue weighted by Crippen LogP contribution is -2.51. The molecule has 3 unspecified atom stereocenters. The Kier molecular flexibility index (Phi) is 8.56. The summed E-state index contributed by atoms with van der Waals surface area (Å²) in [5, 5.41) is 10.2. The van der Waals surface area contributed by atoms with Gasteiger partial charge in [-0.15, -0.1) is 12.4 Å². The van der Waals surface area contributed by atoms with E-state index in [0.717, 1.165) is 32.8 Å². The maximum absolute atomic E-state index is 11.5. The van der Waals surface area contributed by atoms with Crippen LogP contribution in [-0.4, -0.2) is 50.8 Å². The van der Waals surface area contributed by atoms with Crippen LogP contribution in [0.3, 0.4) is 0 Å². The van der Waals surface area contributed by atoms with Gasteiger partial charge in [0.2, 0.25) is 5.91 Å². The smallest absolute Gasteiger partial charge is 0.222 e. The van der Waals surface area contributed by atoms with Crippen LogP contribution in [0.25, 0.3) is 0 Å². The Morgan fingerprint density at radius 2 is 2.14 bits per heavy atom. The summed E-state index contributed by atoms with van der Waals surface area (Å²) in [7, 11) is 0. The third-order valence-corrected chi connectivity index (χ3v) is 4.39. The van der Waals surface area contributed by atoms with Crippen molar-refractivity contribution in [1.82, 2.24) is 16.0 Å². The van der Waals surface area contributed by atoms with E-state index in [2.05, 4.69) is 16.0 Å². The van der Waals surface area contributed by atoms with Gasteiger partial charge in [0.05, 0.1) is 13.2 Å². The standard InChI is InChI=1S/C15H29N3O2.ClH/c1-11(2)15(19)18-7-6-16-13-5-3-4-12(13)14-10-20-9-8-17-14;/h11-14,16-17H,3-10H2,1-2H3,(H,18,19);1H. The van der Waals surface area contributed by atoms with E-state index in [-0.39, 0.29) is 24.2 Å². The number of rotatable bonds is 6. The van der Waals surface area contributed by atoms with Crippen LogP contribution >= 0.6 is 12.4 Å². The van der Waals surface area contributed by atoms with Gasteiger partial charge in [-0.05, 0) is 18.8 Å². The molecule has 0 bridgehead atoms. The summed E-state index contributed by atoms with van der Waals surface area (Å²) in [6, 6.07) is 1.05. The highest BCUT2D eigenvalue weighted by Gasteiger charge is 2.34. The second-order valence-corrected chi connectivity index (χ2v) is 6.24. The van der Waals surface area contributed by atoms with Gasteiger partial charge in [0.1, 0.15) is 0 Å². The molecule has 2 aliphatic rings. The maximum atomic E-state index is 11.5. The Labute approximate surface area is 134 Å². The van der Waals surface area contributed by atoms with Crippen molar-refractivity contribution in [1.29, 1.82) is 0 Å². The maximum Gasteiger partial charge on any atom is 0.222 e. The fraction of sp³-hybridized carbons (Fsp3) is 0.933. The number of morpholine rings is 1. The summed E-state index contributed by atoms with van der Waals surface area (Å²) in [5.74, 6) is 0.867. The third kappa shape index (κ3) is 5.74. The van der Waals surface area contributed by atoms with E-state index in [0.29, 0.717) is 18.0 Å². The van der Waals surface area contributed by atoms with Gasteiger partial charge in [-0.25, -0.2) is 0 Å². The lowest BCUT2D eigenvalue weighted by Gasteiger charge is -2.33. The van der Waals surface area contributed by atoms with Crippen molar-refractivity contribution in [2.45, 2.75) is 45.2 Å². The molecular weight excluding hydrogens is 290 g/mol. The van der Waals surface area contributed by atoms with Crippen LogP contribution in [0.1, 0.15) is 33.1 Å². The normalized spacial score (nSPS) is 29.2. The quantitative estimate of drug-likeness (QED) is 0.637. The van der Waals surface area contributed by atoms with Crippen LogP contribution in [0.4, 0.5) is 0 Å². The van der Waals surface area contributed by atoms with E-state index in [1.165, 1.54) is 19.3 Å². The van der Waals surface area contributed by atoms with Gasteiger partial charge in [0.25, 0.3) is 0 Å². The Balaban J connectivity index is 0.00000220. The number of ether oxygens (including phenoxy) is 1. The van der Waals surface area contributed by atoms with E-state index in [1.54, 1.807) is 0 Å². The topological polar surface area (TPSA) is 62.4 Å². The largest absolute Gasteiger partial charge is 0.379 e. The van der Waals surface area contributed by atoms with E-state index >= 15 is 0 Å². The zero-order valence-corrected chi connectivity index (χ0v) is 14.0. The predicted octanol–water partition coefficient (Wildman–Crippen LogP) is 0.927. The minimum atomic E-state index is 0. The highest BCUT2D eigenvalue weighted by molar-refractivity contribution is 5.85. The van der Waals surface area contributed by atoms with Gasteiger partial charge >= 0.3 is 0 Å². The van der Waals surface area contributed by atoms with Crippen LogP contribution in [0.2, 0.25) is 0 Å². The third-order valence-electron chi connectivity index (χ3n) is 4.39. The average molecular weight is 320 g/mol. The van der Waals surface area contributed by atoms with Crippen molar-refractivity contribution < 1.29 is 9.53 Å². The molecule has 2 fully saturated rings. The molecule has 0 aromatic carbocycles. The van der Waals surface area contributed by atoms with Gasteiger partial charge in [-0.1, -0.05) is 20.3 Å². The number of carbonyl (C=O) groups is 1. The first kappa shape index (κ1) is 18.7. The molecule has 6 heteroatoms. The van der Waals surface area contributed by atoms with Crippen molar-refractivity contribution in [2.24, 2.45) is 11.8 Å². The molecular formula is C15H30ClN3O2. The molecule has 1 aliphatic heterocycles. The molecule has 1 amide bonds. The predicted molar refractivity (Wildman–Crippen MR) is 86.8 cm³/mol. The van der Waals surface area contributed by atoms with Crippen molar-refractivity contribution in [2.75, 3.05) is 32.8 Å². The highest BCUT2D eigenvalue weighted by Crippen LogP contribution is 2.29. The lowest BCUT2D eigenvalue weighted by atomic mass is 9.94. The molecule has 124 valence electrons. The van der Waals surface area contributed by atoms with Crippen LogP contribution in [0, 0.1) is 11.8 Å². The number of hydrogen-bond acceptors (Lipinski definition) is 4. The number of halogens is 1. The SMILES string of the molecule is CC(C)C(=O)NCCNC1CCCC1C1COCCN1.Cl. The fourth-order valence-electron chi connectivity index (χ4n) is 3.23. The molecule has 5 nitrogen and oxygen atoms in total. The van der Waals surface area contributed by atoms with Crippen molar-refractivity contribution in [3.05, 3.63) is 0 Å². The molecule has 2 rings (SSSR count). The van der Waals surface area contributed by atoms with Gasteiger partial charge < -0.3 is 20.7 Å². The summed E-state index contributed by atoms with van der Waals surface area (Å²) >= 11 is 0. The first-order valence-electron chi connectivity index (χ1n) is 8.00. The van der Waals surface area contributed by atoms with E-state index in [9.17, 15) is 4.79 Å². The second-order valence-electron chi connectivity index (χ2n) is 6.24. The minimum Gasteiger partial charge on any atom is -0.379 e. The number of nitrogens with one attached hydrogen (secondary N) is 3. The molecule has 0 aromatic heterocycles. The molecule has 0 radical (unpaired) electrons. The van der Waals surface area contributed by atoms with Gasteiger partial charge in [-0.2, -0.15) is 0 Å². The van der Waals surface area contributed by atoms with Gasteiger partial charge in [0.15, 0.2) is 0 Å². The number of hydrogen-bond donors (Lipinski definition) is 3. The molecule has 1 heterocycles. The fourth-order valence-corrected chi connectivity index (χ4v) is 3.23. The van der Waals surface area contributed by atoms with E-state index < -0.39 is 0 Å². The second kappa shape index (κ2) is 9.62. The Bertz CT molecular complexity index is 309. The molecule has 1 saturated carbocycles. The van der Waals surface area contributed by atoms with Crippen LogP contribution < -0.4 is 16.0 Å². The average Bonchev–Trinajstić information content (AvgIpc) is 2.92. The van der Waals surface area contributed by atoms with Gasteiger partial charge in [-0.3, -0.25) is 4.79 Å².